The van der Waals surface area contributed by atoms with Crippen molar-refractivity contribution in [1.82, 2.24) is 4.67 Å². The van der Waals surface area contributed by atoms with E-state index in [0.717, 1.165) is 12.0 Å². The number of amides is 2. The average molecular weight is 1000 g/mol. The minimum atomic E-state index is -5.35. The molecule has 2 atom stereocenters. The van der Waals surface area contributed by atoms with E-state index in [0.29, 0.717) is 56.1 Å². The Bertz CT molecular complexity index is 2910. The first-order chi connectivity index (χ1) is 34.3. The van der Waals surface area contributed by atoms with Gasteiger partial charge in [-0.3, -0.25) is 23.9 Å². The van der Waals surface area contributed by atoms with Crippen LogP contribution in [0.5, 0.6) is 11.5 Å². The lowest BCUT2D eigenvalue weighted by Crippen LogP contribution is -2.46. The third kappa shape index (κ3) is 9.66. The maximum atomic E-state index is 15.1. The van der Waals surface area contributed by atoms with Crippen LogP contribution in [-0.4, -0.2) is 60.8 Å². The summed E-state index contributed by atoms with van der Waals surface area (Å²) in [7, 11) is -1.61. The summed E-state index contributed by atoms with van der Waals surface area (Å²) in [4.78, 5) is 43.6. The van der Waals surface area contributed by atoms with Gasteiger partial charge in [-0.25, -0.2) is 9.46 Å². The van der Waals surface area contributed by atoms with Crippen LogP contribution in [0, 0.1) is 20.8 Å². The Morgan fingerprint density at radius 2 is 1.18 bits per heavy atom. The summed E-state index contributed by atoms with van der Waals surface area (Å²) >= 11 is 0. The number of nitrogens with zero attached hydrogens (tertiary/aromatic N) is 3. The number of hydrogen-bond donors (Lipinski definition) is 0. The molecule has 15 heteroatoms. The summed E-state index contributed by atoms with van der Waals surface area (Å²) in [5.74, 6) is -2.99. The quantitative estimate of drug-likeness (QED) is 0.0382. The fraction of sp³-hybridized carbons (Fsp3) is 0.316. The molecule has 2 heterocycles. The van der Waals surface area contributed by atoms with Gasteiger partial charge in [-0.05, 0) is 101 Å². The second-order valence-corrected chi connectivity index (χ2v) is 20.1. The summed E-state index contributed by atoms with van der Waals surface area (Å²) in [6.07, 6.45) is -4.59. The zero-order valence-electron chi connectivity index (χ0n) is 41.9. The van der Waals surface area contributed by atoms with E-state index < -0.39 is 44.5 Å². The van der Waals surface area contributed by atoms with Gasteiger partial charge >= 0.3 is 18.1 Å². The number of carbonyl (C=O) groups excluding carboxylic acids is 3. The van der Waals surface area contributed by atoms with Gasteiger partial charge in [-0.2, -0.15) is 13.2 Å². The van der Waals surface area contributed by atoms with E-state index in [2.05, 4.69) is 32.4 Å². The molecular weight excluding hydrogens is 943 g/mol. The number of benzene rings is 6. The van der Waals surface area contributed by atoms with Crippen LogP contribution in [0.4, 0.5) is 24.5 Å². The second kappa shape index (κ2) is 21.0. The number of hydrogen-bond acceptors (Lipinski definition) is 9. The minimum Gasteiger partial charge on any atom is -0.456 e. The molecular formula is C57H59F3N3O8P. The Hall–Kier alpha value is -6.41. The van der Waals surface area contributed by atoms with Gasteiger partial charge in [0, 0.05) is 47.8 Å². The van der Waals surface area contributed by atoms with Crippen molar-refractivity contribution in [2.75, 3.05) is 29.9 Å². The number of ether oxygens (including phenoxy) is 3. The van der Waals surface area contributed by atoms with Gasteiger partial charge in [-0.15, -0.1) is 0 Å². The molecule has 0 aliphatic carbocycles. The SMILES string of the molecule is CCCOP(OCN(C(C)=O)c1cc2c(cc1C)C1(OC(=O)c3ccccc31)c1cc(C)c(N(COC(c3ccccc3)(c3ccccc3)c3ccc(C)cc3)C(=O)C(F)(F)F)cc1O2)N(C(C)C)C(C)C. The molecule has 72 heavy (non-hydrogen) atoms. The van der Waals surface area contributed by atoms with Crippen molar-refractivity contribution in [3.63, 3.8) is 0 Å². The highest BCUT2D eigenvalue weighted by molar-refractivity contribution is 7.44. The van der Waals surface area contributed by atoms with Crippen LogP contribution in [0.25, 0.3) is 0 Å². The van der Waals surface area contributed by atoms with Gasteiger partial charge in [-0.1, -0.05) is 116 Å². The number of alkyl halides is 3. The van der Waals surface area contributed by atoms with Crippen LogP contribution in [0.2, 0.25) is 0 Å². The lowest BCUT2D eigenvalue weighted by atomic mass is 9.76. The van der Waals surface area contributed by atoms with Crippen molar-refractivity contribution in [2.45, 2.75) is 98.2 Å². The number of carbonyl (C=O) groups is 3. The monoisotopic (exact) mass is 1000 g/mol. The minimum absolute atomic E-state index is 0.00455. The molecule has 11 nitrogen and oxygen atoms in total. The summed E-state index contributed by atoms with van der Waals surface area (Å²) in [6, 6.07) is 39.2. The van der Waals surface area contributed by atoms with Crippen molar-refractivity contribution in [2.24, 2.45) is 0 Å². The maximum absolute atomic E-state index is 15.1. The third-order valence-electron chi connectivity index (χ3n) is 13.0. The van der Waals surface area contributed by atoms with Crippen LogP contribution in [0.3, 0.4) is 0 Å². The van der Waals surface area contributed by atoms with Crippen LogP contribution in [0.1, 0.15) is 108 Å². The number of halogens is 3. The molecule has 0 bridgehead atoms. The number of anilines is 2. The summed E-state index contributed by atoms with van der Waals surface area (Å²) in [6.45, 7) is 16.3. The predicted molar refractivity (Wildman–Crippen MR) is 272 cm³/mol. The van der Waals surface area contributed by atoms with Crippen molar-refractivity contribution >= 4 is 37.7 Å². The molecule has 6 aromatic carbocycles. The zero-order valence-corrected chi connectivity index (χ0v) is 42.8. The second-order valence-electron chi connectivity index (χ2n) is 18.6. The molecule has 2 aliphatic heterocycles. The molecule has 2 unspecified atom stereocenters. The number of esters is 1. The van der Waals surface area contributed by atoms with E-state index in [1.165, 1.54) is 17.9 Å². The van der Waals surface area contributed by atoms with Crippen LogP contribution in [0.15, 0.2) is 133 Å². The summed E-state index contributed by atoms with van der Waals surface area (Å²) in [5.41, 5.74) is 2.23. The smallest absolute Gasteiger partial charge is 0.456 e. The molecule has 0 aromatic heterocycles. The highest BCUT2D eigenvalue weighted by Gasteiger charge is 2.55. The summed E-state index contributed by atoms with van der Waals surface area (Å²) in [5, 5.41) is 0. The van der Waals surface area contributed by atoms with E-state index in [9.17, 15) is 14.4 Å². The van der Waals surface area contributed by atoms with Crippen molar-refractivity contribution in [3.8, 4) is 11.5 Å². The first kappa shape index (κ1) is 51.9. The Kier molecular flexibility index (Phi) is 15.1. The van der Waals surface area contributed by atoms with Crippen LogP contribution >= 0.6 is 8.53 Å². The lowest BCUT2D eigenvalue weighted by molar-refractivity contribution is -0.172. The molecule has 8 rings (SSSR count). The van der Waals surface area contributed by atoms with Crippen molar-refractivity contribution in [1.29, 1.82) is 0 Å². The molecule has 376 valence electrons. The molecule has 2 amide bonds. The topological polar surface area (TPSA) is 107 Å². The highest BCUT2D eigenvalue weighted by atomic mass is 31.2. The maximum Gasteiger partial charge on any atom is 0.471 e. The molecule has 0 N–H and O–H groups in total. The fourth-order valence-corrected chi connectivity index (χ4v) is 11.4. The first-order valence-corrected chi connectivity index (χ1v) is 25.1. The molecule has 1 spiro atoms. The Labute approximate surface area is 420 Å². The van der Waals surface area contributed by atoms with Gasteiger partial charge in [0.1, 0.15) is 30.6 Å². The normalized spacial score (nSPS) is 15.5. The Morgan fingerprint density at radius 3 is 1.69 bits per heavy atom. The highest BCUT2D eigenvalue weighted by Crippen LogP contribution is 2.58. The molecule has 2 aliphatic rings. The molecule has 0 radical (unpaired) electrons. The van der Waals surface area contributed by atoms with E-state index in [4.69, 9.17) is 23.3 Å². The van der Waals surface area contributed by atoms with Crippen molar-refractivity contribution in [3.05, 3.63) is 189 Å². The zero-order chi connectivity index (χ0) is 51.7. The Balaban J connectivity index is 1.27. The van der Waals surface area contributed by atoms with Gasteiger partial charge in [0.15, 0.2) is 5.60 Å². The predicted octanol–water partition coefficient (Wildman–Crippen LogP) is 13.1. The number of fused-ring (bicyclic) bond motifs is 6. The van der Waals surface area contributed by atoms with Crippen molar-refractivity contribution < 1.29 is 50.8 Å². The first-order valence-electron chi connectivity index (χ1n) is 24.0. The number of rotatable bonds is 17. The van der Waals surface area contributed by atoms with Gasteiger partial charge in [0.25, 0.3) is 8.53 Å². The van der Waals surface area contributed by atoms with Crippen LogP contribution < -0.4 is 14.5 Å². The van der Waals surface area contributed by atoms with Gasteiger partial charge in [0.2, 0.25) is 5.91 Å². The largest absolute Gasteiger partial charge is 0.471 e. The third-order valence-corrected chi connectivity index (χ3v) is 15.0. The molecule has 6 aromatic rings. The number of aryl methyl sites for hydroxylation is 3. The van der Waals surface area contributed by atoms with Gasteiger partial charge in [0.05, 0.1) is 23.5 Å². The van der Waals surface area contributed by atoms with E-state index in [1.54, 1.807) is 49.4 Å². The Morgan fingerprint density at radius 1 is 0.667 bits per heavy atom. The van der Waals surface area contributed by atoms with E-state index >= 15 is 13.2 Å². The van der Waals surface area contributed by atoms with Crippen LogP contribution in [-0.2, 0) is 39.3 Å². The lowest BCUT2D eigenvalue weighted by Gasteiger charge is -2.40. The molecule has 0 fully saturated rings. The van der Waals surface area contributed by atoms with E-state index in [1.807, 2.05) is 106 Å². The molecule has 0 saturated heterocycles. The summed E-state index contributed by atoms with van der Waals surface area (Å²) < 4.78 is 80.2. The van der Waals surface area contributed by atoms with Gasteiger partial charge < -0.3 is 18.7 Å². The average Bonchev–Trinajstić information content (AvgIpc) is 3.65. The standard InChI is InChI=1S/C57H59F3N3O8P/c1-10-29-68-72(63(36(2)3)37(4)5)69-35-61(41(9)64)49-32-51-47(30-39(49)7)56(46-24-18-17-23-45(46)53(65)71-56)48-31-40(8)50(33-52(48)70-51)62(54(66)57(58,59)60)34-67-55(42-19-13-11-14-20-42,43-21-15-12-16-22-43)44-27-25-38(6)26-28-44/h11-28,30-33,36-37H,10,29,34-35H2,1-9H3. The fourth-order valence-electron chi connectivity index (χ4n) is 9.72. The molecule has 0 saturated carbocycles. The van der Waals surface area contributed by atoms with E-state index in [-0.39, 0.29) is 53.0 Å².